The summed E-state index contributed by atoms with van der Waals surface area (Å²) in [6, 6.07) is 1.40. The van der Waals surface area contributed by atoms with Crippen LogP contribution in [0.2, 0.25) is 0 Å². The molecule has 0 aromatic heterocycles. The lowest BCUT2D eigenvalue weighted by atomic mass is 9.99. The highest BCUT2D eigenvalue weighted by atomic mass is 16.5. The topological polar surface area (TPSA) is 12.5 Å². The van der Waals surface area contributed by atoms with Gasteiger partial charge in [0.1, 0.15) is 0 Å². The molecule has 2 saturated heterocycles. The third-order valence-corrected chi connectivity index (χ3v) is 2.91. The van der Waals surface area contributed by atoms with Crippen LogP contribution in [-0.2, 0) is 4.74 Å². The molecule has 2 aliphatic rings. The minimum Gasteiger partial charge on any atom is -0.378 e. The molecule has 2 heterocycles. The van der Waals surface area contributed by atoms with Crippen LogP contribution < -0.4 is 0 Å². The first-order chi connectivity index (χ1) is 5.38. The highest BCUT2D eigenvalue weighted by Crippen LogP contribution is 2.22. The lowest BCUT2D eigenvalue weighted by Gasteiger charge is -2.43. The maximum atomic E-state index is 5.51. The van der Waals surface area contributed by atoms with Gasteiger partial charge in [-0.15, -0.1) is 0 Å². The zero-order valence-electron chi connectivity index (χ0n) is 7.25. The molecule has 11 heavy (non-hydrogen) atoms. The monoisotopic (exact) mass is 155 g/mol. The van der Waals surface area contributed by atoms with Crippen molar-refractivity contribution in [2.45, 2.75) is 38.3 Å². The molecular weight excluding hydrogens is 138 g/mol. The van der Waals surface area contributed by atoms with Crippen molar-refractivity contribution in [2.75, 3.05) is 19.8 Å². The number of fused-ring (bicyclic) bond motifs is 1. The quantitative estimate of drug-likeness (QED) is 0.522. The van der Waals surface area contributed by atoms with Gasteiger partial charge in [-0.2, -0.15) is 0 Å². The summed E-state index contributed by atoms with van der Waals surface area (Å²) >= 11 is 0. The van der Waals surface area contributed by atoms with Crippen LogP contribution in [0.1, 0.15) is 26.2 Å². The SMILES string of the molecule is CC1COCC2CCCCN12. The smallest absolute Gasteiger partial charge is 0.0622 e. The fourth-order valence-electron chi connectivity index (χ4n) is 2.25. The minimum atomic E-state index is 0.661. The number of hydrogen-bond acceptors (Lipinski definition) is 2. The third-order valence-electron chi connectivity index (χ3n) is 2.91. The van der Waals surface area contributed by atoms with Gasteiger partial charge in [0.15, 0.2) is 0 Å². The van der Waals surface area contributed by atoms with Gasteiger partial charge in [0.25, 0.3) is 0 Å². The van der Waals surface area contributed by atoms with Crippen molar-refractivity contribution in [1.82, 2.24) is 4.90 Å². The van der Waals surface area contributed by atoms with Gasteiger partial charge in [0.05, 0.1) is 13.2 Å². The van der Waals surface area contributed by atoms with E-state index in [0.29, 0.717) is 6.04 Å². The summed E-state index contributed by atoms with van der Waals surface area (Å²) in [7, 11) is 0. The van der Waals surface area contributed by atoms with Crippen LogP contribution in [0.25, 0.3) is 0 Å². The van der Waals surface area contributed by atoms with Crippen LogP contribution in [0.15, 0.2) is 0 Å². The molecule has 2 rings (SSSR count). The predicted octanol–water partition coefficient (Wildman–Crippen LogP) is 1.26. The van der Waals surface area contributed by atoms with E-state index in [1.807, 2.05) is 0 Å². The summed E-state index contributed by atoms with van der Waals surface area (Å²) in [5.41, 5.74) is 0. The lowest BCUT2D eigenvalue weighted by molar-refractivity contribution is -0.0575. The zero-order valence-corrected chi connectivity index (χ0v) is 7.25. The fraction of sp³-hybridized carbons (Fsp3) is 1.00. The largest absolute Gasteiger partial charge is 0.378 e. The van der Waals surface area contributed by atoms with Crippen LogP contribution in [0.3, 0.4) is 0 Å². The molecule has 0 bridgehead atoms. The minimum absolute atomic E-state index is 0.661. The highest BCUT2D eigenvalue weighted by molar-refractivity contribution is 4.83. The molecule has 0 aliphatic carbocycles. The zero-order chi connectivity index (χ0) is 7.68. The molecule has 0 aromatic rings. The van der Waals surface area contributed by atoms with E-state index in [0.717, 1.165) is 19.3 Å². The van der Waals surface area contributed by atoms with Crippen LogP contribution in [0.5, 0.6) is 0 Å². The van der Waals surface area contributed by atoms with Gasteiger partial charge in [-0.1, -0.05) is 6.42 Å². The molecule has 2 fully saturated rings. The van der Waals surface area contributed by atoms with E-state index in [1.165, 1.54) is 25.8 Å². The average molecular weight is 155 g/mol. The molecule has 0 spiro atoms. The molecule has 2 nitrogen and oxygen atoms in total. The average Bonchev–Trinajstić information content (AvgIpc) is 2.06. The number of piperidine rings is 1. The number of nitrogens with zero attached hydrogens (tertiary/aromatic N) is 1. The first kappa shape index (κ1) is 7.56. The molecule has 2 aliphatic heterocycles. The van der Waals surface area contributed by atoms with E-state index in [4.69, 9.17) is 4.74 Å². The molecule has 0 N–H and O–H groups in total. The summed E-state index contributed by atoms with van der Waals surface area (Å²) < 4.78 is 5.51. The van der Waals surface area contributed by atoms with Crippen LogP contribution in [0, 0.1) is 0 Å². The van der Waals surface area contributed by atoms with Crippen molar-refractivity contribution in [2.24, 2.45) is 0 Å². The Kier molecular flexibility index (Phi) is 2.14. The Bertz CT molecular complexity index is 136. The summed E-state index contributed by atoms with van der Waals surface area (Å²) in [6.45, 7) is 5.49. The summed E-state index contributed by atoms with van der Waals surface area (Å²) in [6.07, 6.45) is 4.14. The Morgan fingerprint density at radius 3 is 3.00 bits per heavy atom. The van der Waals surface area contributed by atoms with Crippen molar-refractivity contribution in [3.05, 3.63) is 0 Å². The first-order valence-corrected chi connectivity index (χ1v) is 4.71. The molecule has 64 valence electrons. The van der Waals surface area contributed by atoms with Crippen molar-refractivity contribution >= 4 is 0 Å². The number of morpholine rings is 1. The Morgan fingerprint density at radius 1 is 1.27 bits per heavy atom. The molecule has 2 unspecified atom stereocenters. The summed E-state index contributed by atoms with van der Waals surface area (Å²) in [5, 5.41) is 0. The van der Waals surface area contributed by atoms with E-state index in [9.17, 15) is 0 Å². The number of ether oxygens (including phenoxy) is 1. The highest BCUT2D eigenvalue weighted by Gasteiger charge is 2.29. The molecule has 2 atom stereocenters. The van der Waals surface area contributed by atoms with Gasteiger partial charge < -0.3 is 4.74 Å². The molecular formula is C9H17NO. The maximum absolute atomic E-state index is 5.51. The van der Waals surface area contributed by atoms with E-state index in [-0.39, 0.29) is 0 Å². The van der Waals surface area contributed by atoms with Gasteiger partial charge in [0, 0.05) is 12.1 Å². The van der Waals surface area contributed by atoms with Gasteiger partial charge in [-0.25, -0.2) is 0 Å². The Labute approximate surface area is 68.5 Å². The van der Waals surface area contributed by atoms with E-state index in [2.05, 4.69) is 11.8 Å². The van der Waals surface area contributed by atoms with E-state index < -0.39 is 0 Å². The normalized spacial score (nSPS) is 40.1. The second-order valence-corrected chi connectivity index (χ2v) is 3.77. The fourth-order valence-corrected chi connectivity index (χ4v) is 2.25. The van der Waals surface area contributed by atoms with Crippen molar-refractivity contribution < 1.29 is 4.74 Å². The van der Waals surface area contributed by atoms with Crippen LogP contribution in [0.4, 0.5) is 0 Å². The van der Waals surface area contributed by atoms with Crippen molar-refractivity contribution in [3.63, 3.8) is 0 Å². The maximum Gasteiger partial charge on any atom is 0.0622 e. The summed E-state index contributed by atoms with van der Waals surface area (Å²) in [5.74, 6) is 0. The van der Waals surface area contributed by atoms with E-state index >= 15 is 0 Å². The summed E-state index contributed by atoms with van der Waals surface area (Å²) in [4.78, 5) is 2.62. The first-order valence-electron chi connectivity index (χ1n) is 4.71. The molecule has 0 aromatic carbocycles. The van der Waals surface area contributed by atoms with Gasteiger partial charge in [0.2, 0.25) is 0 Å². The Balaban J connectivity index is 1.99. The second-order valence-electron chi connectivity index (χ2n) is 3.77. The van der Waals surface area contributed by atoms with Crippen LogP contribution >= 0.6 is 0 Å². The van der Waals surface area contributed by atoms with Crippen LogP contribution in [-0.4, -0.2) is 36.7 Å². The second kappa shape index (κ2) is 3.11. The Morgan fingerprint density at radius 2 is 2.18 bits per heavy atom. The number of hydrogen-bond donors (Lipinski definition) is 0. The van der Waals surface area contributed by atoms with Gasteiger partial charge >= 0.3 is 0 Å². The van der Waals surface area contributed by atoms with Gasteiger partial charge in [-0.05, 0) is 26.3 Å². The number of rotatable bonds is 0. The standard InChI is InChI=1S/C9H17NO/c1-8-6-11-7-9-4-2-3-5-10(8)9/h8-9H,2-7H2,1H3. The predicted molar refractivity (Wildman–Crippen MR) is 44.6 cm³/mol. The van der Waals surface area contributed by atoms with Crippen molar-refractivity contribution in [1.29, 1.82) is 0 Å². The lowest BCUT2D eigenvalue weighted by Crippen LogP contribution is -2.52. The van der Waals surface area contributed by atoms with Gasteiger partial charge in [-0.3, -0.25) is 4.90 Å². The third kappa shape index (κ3) is 1.42. The molecule has 2 heteroatoms. The molecule has 0 saturated carbocycles. The van der Waals surface area contributed by atoms with Crippen molar-refractivity contribution in [3.8, 4) is 0 Å². The molecule has 0 radical (unpaired) electrons. The molecule has 0 amide bonds. The van der Waals surface area contributed by atoms with E-state index in [1.54, 1.807) is 0 Å². The Hall–Kier alpha value is -0.0800.